The lowest BCUT2D eigenvalue weighted by atomic mass is 10.1. The number of likely N-dealkylation sites (tertiary alicyclic amines) is 1. The molecule has 0 radical (unpaired) electrons. The van der Waals surface area contributed by atoms with Crippen LogP contribution in [0.5, 0.6) is 0 Å². The minimum absolute atomic E-state index is 0.0873. The number of amides is 1. The van der Waals surface area contributed by atoms with Crippen molar-refractivity contribution in [2.24, 2.45) is 17.6 Å². The van der Waals surface area contributed by atoms with Crippen molar-refractivity contribution < 1.29 is 4.79 Å². The monoisotopic (exact) mass is 194 g/mol. The molecule has 0 bridgehead atoms. The first-order valence-electron chi connectivity index (χ1n) is 5.44. The average Bonchev–Trinajstić information content (AvgIpc) is 2.82. The van der Waals surface area contributed by atoms with E-state index in [1.54, 1.807) is 0 Å². The van der Waals surface area contributed by atoms with Gasteiger partial charge >= 0.3 is 0 Å². The molecular weight excluding hydrogens is 176 g/mol. The van der Waals surface area contributed by atoms with E-state index in [9.17, 15) is 4.79 Å². The minimum atomic E-state index is -0.140. The lowest BCUT2D eigenvalue weighted by Crippen LogP contribution is -2.27. The molecule has 3 heteroatoms. The van der Waals surface area contributed by atoms with E-state index >= 15 is 0 Å². The normalized spacial score (nSPS) is 28.7. The molecule has 1 unspecified atom stereocenters. The van der Waals surface area contributed by atoms with E-state index in [1.165, 1.54) is 12.8 Å². The molecule has 1 saturated heterocycles. The van der Waals surface area contributed by atoms with Crippen LogP contribution in [0.15, 0.2) is 12.2 Å². The molecule has 2 fully saturated rings. The van der Waals surface area contributed by atoms with Crippen molar-refractivity contribution in [2.75, 3.05) is 19.6 Å². The molecule has 1 aliphatic heterocycles. The third kappa shape index (κ3) is 2.58. The van der Waals surface area contributed by atoms with Crippen LogP contribution in [0.2, 0.25) is 0 Å². The van der Waals surface area contributed by atoms with Crippen LogP contribution in [0.1, 0.15) is 19.3 Å². The zero-order chi connectivity index (χ0) is 9.97. The Morgan fingerprint density at radius 3 is 2.79 bits per heavy atom. The summed E-state index contributed by atoms with van der Waals surface area (Å²) in [5.74, 6) is 0.799. The van der Waals surface area contributed by atoms with Gasteiger partial charge in [0, 0.05) is 13.1 Å². The number of nitrogens with two attached hydrogens (primary N) is 1. The number of primary amides is 1. The van der Waals surface area contributed by atoms with Gasteiger partial charge in [-0.25, -0.2) is 0 Å². The summed E-state index contributed by atoms with van der Waals surface area (Å²) < 4.78 is 0. The Bertz CT molecular complexity index is 246. The molecule has 0 aromatic rings. The molecule has 0 spiro atoms. The van der Waals surface area contributed by atoms with Crippen LogP contribution in [-0.2, 0) is 4.79 Å². The summed E-state index contributed by atoms with van der Waals surface area (Å²) in [5, 5.41) is 0. The van der Waals surface area contributed by atoms with Gasteiger partial charge in [0.2, 0.25) is 5.91 Å². The number of carbonyl (C=O) groups is 1. The van der Waals surface area contributed by atoms with Crippen molar-refractivity contribution >= 4 is 5.91 Å². The topological polar surface area (TPSA) is 46.3 Å². The average molecular weight is 194 g/mol. The molecule has 2 N–H and O–H groups in total. The largest absolute Gasteiger partial charge is 0.369 e. The van der Waals surface area contributed by atoms with Gasteiger partial charge in [0.15, 0.2) is 0 Å². The summed E-state index contributed by atoms with van der Waals surface area (Å²) in [4.78, 5) is 13.2. The molecule has 78 valence electrons. The van der Waals surface area contributed by atoms with E-state index in [0.29, 0.717) is 0 Å². The highest BCUT2D eigenvalue weighted by atomic mass is 16.1. The predicted molar refractivity (Wildman–Crippen MR) is 55.6 cm³/mol. The Balaban J connectivity index is 1.69. The minimum Gasteiger partial charge on any atom is -0.369 e. The van der Waals surface area contributed by atoms with Crippen LogP contribution in [0.25, 0.3) is 0 Å². The van der Waals surface area contributed by atoms with Gasteiger partial charge < -0.3 is 5.73 Å². The van der Waals surface area contributed by atoms with E-state index in [1.807, 2.05) is 0 Å². The highest BCUT2D eigenvalue weighted by Crippen LogP contribution is 2.30. The third-order valence-corrected chi connectivity index (χ3v) is 3.07. The van der Waals surface area contributed by atoms with Gasteiger partial charge in [0.05, 0.1) is 5.92 Å². The van der Waals surface area contributed by atoms with E-state index in [-0.39, 0.29) is 11.8 Å². The van der Waals surface area contributed by atoms with Crippen molar-refractivity contribution in [1.82, 2.24) is 4.90 Å². The smallest absolute Gasteiger partial charge is 0.221 e. The van der Waals surface area contributed by atoms with Crippen molar-refractivity contribution in [3.05, 3.63) is 12.2 Å². The molecule has 0 aromatic heterocycles. The summed E-state index contributed by atoms with van der Waals surface area (Å²) in [6.45, 7) is 2.85. The maximum Gasteiger partial charge on any atom is 0.221 e. The second-order valence-corrected chi connectivity index (χ2v) is 4.41. The van der Waals surface area contributed by atoms with Gasteiger partial charge in [-0.3, -0.25) is 9.69 Å². The lowest BCUT2D eigenvalue weighted by Gasteiger charge is -2.11. The van der Waals surface area contributed by atoms with Crippen LogP contribution < -0.4 is 5.73 Å². The summed E-state index contributed by atoms with van der Waals surface area (Å²) in [7, 11) is 0. The second-order valence-electron chi connectivity index (χ2n) is 4.41. The maximum atomic E-state index is 10.9. The molecule has 2 aliphatic rings. The molecule has 1 amide bonds. The SMILES string of the molecule is NC(=O)C1CCN(C/C=C/C2CC2)C1. The Hall–Kier alpha value is -0.830. The van der Waals surface area contributed by atoms with E-state index in [4.69, 9.17) is 5.73 Å². The third-order valence-electron chi connectivity index (χ3n) is 3.07. The molecule has 0 aromatic carbocycles. The van der Waals surface area contributed by atoms with Gasteiger partial charge in [-0.1, -0.05) is 12.2 Å². The molecule has 2 rings (SSSR count). The number of allylic oxidation sites excluding steroid dienone is 1. The van der Waals surface area contributed by atoms with Gasteiger partial charge in [0.25, 0.3) is 0 Å². The Morgan fingerprint density at radius 2 is 2.21 bits per heavy atom. The maximum absolute atomic E-state index is 10.9. The van der Waals surface area contributed by atoms with E-state index in [2.05, 4.69) is 17.1 Å². The fraction of sp³-hybridized carbons (Fsp3) is 0.727. The van der Waals surface area contributed by atoms with Crippen LogP contribution in [0, 0.1) is 11.8 Å². The zero-order valence-electron chi connectivity index (χ0n) is 8.48. The Kier molecular flexibility index (Phi) is 2.87. The van der Waals surface area contributed by atoms with Crippen LogP contribution in [0.3, 0.4) is 0 Å². The van der Waals surface area contributed by atoms with Crippen molar-refractivity contribution in [3.8, 4) is 0 Å². The summed E-state index contributed by atoms with van der Waals surface area (Å²) in [5.41, 5.74) is 5.26. The molecule has 1 heterocycles. The van der Waals surface area contributed by atoms with Crippen LogP contribution in [-0.4, -0.2) is 30.4 Å². The van der Waals surface area contributed by atoms with Gasteiger partial charge in [0.1, 0.15) is 0 Å². The molecular formula is C11H18N2O. The standard InChI is InChI=1S/C11H18N2O/c12-11(14)10-5-7-13(8-10)6-1-2-9-3-4-9/h1-2,9-10H,3-8H2,(H2,12,14)/b2-1+. The fourth-order valence-electron chi connectivity index (χ4n) is 1.92. The second kappa shape index (κ2) is 4.13. The van der Waals surface area contributed by atoms with Gasteiger partial charge in [-0.15, -0.1) is 0 Å². The quantitative estimate of drug-likeness (QED) is 0.672. The van der Waals surface area contributed by atoms with E-state index in [0.717, 1.165) is 32.0 Å². The van der Waals surface area contributed by atoms with Crippen molar-refractivity contribution in [1.29, 1.82) is 0 Å². The number of hydrogen-bond donors (Lipinski definition) is 1. The van der Waals surface area contributed by atoms with Gasteiger partial charge in [-0.05, 0) is 31.7 Å². The Labute approximate surface area is 84.9 Å². The van der Waals surface area contributed by atoms with Gasteiger partial charge in [-0.2, -0.15) is 0 Å². The lowest BCUT2D eigenvalue weighted by molar-refractivity contribution is -0.121. The molecule has 14 heavy (non-hydrogen) atoms. The van der Waals surface area contributed by atoms with E-state index < -0.39 is 0 Å². The van der Waals surface area contributed by atoms with Crippen LogP contribution >= 0.6 is 0 Å². The predicted octanol–water partition coefficient (Wildman–Crippen LogP) is 0.760. The van der Waals surface area contributed by atoms with Crippen molar-refractivity contribution in [3.63, 3.8) is 0 Å². The molecule has 1 atom stereocenters. The number of nitrogens with zero attached hydrogens (tertiary/aromatic N) is 1. The Morgan fingerprint density at radius 1 is 1.43 bits per heavy atom. The summed E-state index contributed by atoms with van der Waals surface area (Å²) in [6, 6.07) is 0. The molecule has 1 aliphatic carbocycles. The van der Waals surface area contributed by atoms with Crippen LogP contribution in [0.4, 0.5) is 0 Å². The zero-order valence-corrected chi connectivity index (χ0v) is 8.48. The highest BCUT2D eigenvalue weighted by molar-refractivity contribution is 5.77. The van der Waals surface area contributed by atoms with Crippen molar-refractivity contribution in [2.45, 2.75) is 19.3 Å². The fourth-order valence-corrected chi connectivity index (χ4v) is 1.92. The number of hydrogen-bond acceptors (Lipinski definition) is 2. The number of rotatable bonds is 4. The summed E-state index contributed by atoms with van der Waals surface area (Å²) in [6.07, 6.45) is 8.20. The first kappa shape index (κ1) is 9.71. The molecule has 3 nitrogen and oxygen atoms in total. The number of carbonyl (C=O) groups excluding carboxylic acids is 1. The molecule has 1 saturated carbocycles. The highest BCUT2D eigenvalue weighted by Gasteiger charge is 2.25. The first-order chi connectivity index (χ1) is 6.75. The first-order valence-corrected chi connectivity index (χ1v) is 5.44. The summed E-state index contributed by atoms with van der Waals surface area (Å²) >= 11 is 0.